The van der Waals surface area contributed by atoms with Crippen LogP contribution in [0.4, 0.5) is 11.4 Å². The number of nitrogens with one attached hydrogen (secondary N) is 2. The number of rotatable bonds is 4. The van der Waals surface area contributed by atoms with Crippen LogP contribution in [0.3, 0.4) is 0 Å². The fourth-order valence-electron chi connectivity index (χ4n) is 2.18. The van der Waals surface area contributed by atoms with Gasteiger partial charge in [-0.2, -0.15) is 11.3 Å². The van der Waals surface area contributed by atoms with Gasteiger partial charge in [-0.1, -0.05) is 6.07 Å². The third-order valence-corrected chi connectivity index (χ3v) is 4.97. The summed E-state index contributed by atoms with van der Waals surface area (Å²) in [4.78, 5) is 28.1. The van der Waals surface area contributed by atoms with Crippen LogP contribution < -0.4 is 10.6 Å². The zero-order valence-electron chi connectivity index (χ0n) is 13.1. The number of thiazole rings is 1. The van der Waals surface area contributed by atoms with Gasteiger partial charge in [0.2, 0.25) is 5.91 Å². The van der Waals surface area contributed by atoms with E-state index in [4.69, 9.17) is 0 Å². The van der Waals surface area contributed by atoms with E-state index in [2.05, 4.69) is 15.6 Å². The molecule has 2 amide bonds. The largest absolute Gasteiger partial charge is 0.326 e. The van der Waals surface area contributed by atoms with Crippen LogP contribution in [0.2, 0.25) is 0 Å². The Kier molecular flexibility index (Phi) is 4.73. The van der Waals surface area contributed by atoms with Crippen LogP contribution >= 0.6 is 22.7 Å². The van der Waals surface area contributed by atoms with E-state index in [-0.39, 0.29) is 11.8 Å². The Morgan fingerprint density at radius 1 is 1.08 bits per heavy atom. The first-order chi connectivity index (χ1) is 11.5. The van der Waals surface area contributed by atoms with Gasteiger partial charge in [0, 0.05) is 34.6 Å². The third-order valence-electron chi connectivity index (χ3n) is 3.40. The molecule has 0 aliphatic rings. The number of nitrogens with zero attached hydrogens (tertiary/aromatic N) is 1. The van der Waals surface area contributed by atoms with Gasteiger partial charge in [0.15, 0.2) is 0 Å². The number of benzene rings is 1. The monoisotopic (exact) mass is 357 g/mol. The second-order valence-electron chi connectivity index (χ2n) is 5.16. The van der Waals surface area contributed by atoms with Crippen LogP contribution in [0.1, 0.15) is 23.0 Å². The quantitative estimate of drug-likeness (QED) is 0.727. The molecule has 0 fully saturated rings. The lowest BCUT2D eigenvalue weighted by atomic mass is 10.1. The normalized spacial score (nSPS) is 10.4. The summed E-state index contributed by atoms with van der Waals surface area (Å²) in [7, 11) is 0. The summed E-state index contributed by atoms with van der Waals surface area (Å²) >= 11 is 3.03. The lowest BCUT2D eigenvalue weighted by Crippen LogP contribution is -2.14. The standard InChI is InChI=1S/C17H15N3O2S2/c1-10-13(18-11(2)21)4-3-5-14(10)19-16(22)15-9-24-17(20-15)12-6-7-23-8-12/h3-9H,1-2H3,(H,18,21)(H,19,22). The van der Waals surface area contributed by atoms with E-state index in [9.17, 15) is 9.59 Å². The van der Waals surface area contributed by atoms with Crippen LogP contribution in [0.25, 0.3) is 10.6 Å². The minimum atomic E-state index is -0.268. The van der Waals surface area contributed by atoms with Crippen molar-refractivity contribution in [3.8, 4) is 10.6 Å². The van der Waals surface area contributed by atoms with E-state index in [1.807, 2.05) is 23.8 Å². The number of carbonyl (C=O) groups excluding carboxylic acids is 2. The first kappa shape index (κ1) is 16.4. The summed E-state index contributed by atoms with van der Waals surface area (Å²) in [6, 6.07) is 7.35. The zero-order valence-corrected chi connectivity index (χ0v) is 14.8. The number of hydrogen-bond acceptors (Lipinski definition) is 5. The molecule has 0 saturated carbocycles. The van der Waals surface area contributed by atoms with Crippen molar-refractivity contribution in [3.05, 3.63) is 51.7 Å². The Labute approximate surface area is 147 Å². The van der Waals surface area contributed by atoms with Crippen LogP contribution in [0.15, 0.2) is 40.4 Å². The minimum Gasteiger partial charge on any atom is -0.326 e. The van der Waals surface area contributed by atoms with Gasteiger partial charge in [-0.3, -0.25) is 9.59 Å². The molecular formula is C17H15N3O2S2. The van der Waals surface area contributed by atoms with Crippen molar-refractivity contribution in [2.24, 2.45) is 0 Å². The molecule has 3 rings (SSSR count). The molecule has 0 bridgehead atoms. The Balaban J connectivity index is 1.79. The van der Waals surface area contributed by atoms with Gasteiger partial charge in [-0.25, -0.2) is 4.98 Å². The van der Waals surface area contributed by atoms with Crippen molar-refractivity contribution in [3.63, 3.8) is 0 Å². The fraction of sp³-hybridized carbons (Fsp3) is 0.118. The predicted molar refractivity (Wildman–Crippen MR) is 98.9 cm³/mol. The van der Waals surface area contributed by atoms with Crippen LogP contribution in [-0.2, 0) is 4.79 Å². The second-order valence-corrected chi connectivity index (χ2v) is 6.80. The second kappa shape index (κ2) is 6.94. The van der Waals surface area contributed by atoms with Crippen molar-refractivity contribution < 1.29 is 9.59 Å². The van der Waals surface area contributed by atoms with Gasteiger partial charge >= 0.3 is 0 Å². The topological polar surface area (TPSA) is 71.1 Å². The molecule has 0 saturated heterocycles. The van der Waals surface area contributed by atoms with Crippen molar-refractivity contribution in [1.82, 2.24) is 4.98 Å². The molecule has 0 spiro atoms. The van der Waals surface area contributed by atoms with E-state index >= 15 is 0 Å². The summed E-state index contributed by atoms with van der Waals surface area (Å²) in [5.41, 5.74) is 3.53. The van der Waals surface area contributed by atoms with E-state index in [1.54, 1.807) is 34.9 Å². The van der Waals surface area contributed by atoms with Gasteiger partial charge in [0.05, 0.1) is 0 Å². The Morgan fingerprint density at radius 3 is 2.50 bits per heavy atom. The molecule has 3 aromatic rings. The van der Waals surface area contributed by atoms with Crippen LogP contribution in [-0.4, -0.2) is 16.8 Å². The Bertz CT molecular complexity index is 885. The molecule has 5 nitrogen and oxygen atoms in total. The first-order valence-corrected chi connectivity index (χ1v) is 9.03. The maximum absolute atomic E-state index is 12.4. The van der Waals surface area contributed by atoms with Crippen molar-refractivity contribution in [2.75, 3.05) is 10.6 Å². The highest BCUT2D eigenvalue weighted by Crippen LogP contribution is 2.27. The highest BCUT2D eigenvalue weighted by molar-refractivity contribution is 7.14. The molecule has 2 aromatic heterocycles. The first-order valence-electron chi connectivity index (χ1n) is 7.21. The Morgan fingerprint density at radius 2 is 1.83 bits per heavy atom. The SMILES string of the molecule is CC(=O)Nc1cccc(NC(=O)c2csc(-c3ccsc3)n2)c1C. The summed E-state index contributed by atoms with van der Waals surface area (Å²) in [5, 5.41) is 12.2. The number of amides is 2. The molecule has 0 atom stereocenters. The lowest BCUT2D eigenvalue weighted by Gasteiger charge is -2.12. The van der Waals surface area contributed by atoms with E-state index < -0.39 is 0 Å². The van der Waals surface area contributed by atoms with E-state index in [0.717, 1.165) is 16.1 Å². The molecule has 2 heterocycles. The summed E-state index contributed by atoms with van der Waals surface area (Å²) in [6.45, 7) is 3.30. The number of carbonyl (C=O) groups is 2. The molecule has 122 valence electrons. The lowest BCUT2D eigenvalue weighted by molar-refractivity contribution is -0.114. The maximum atomic E-state index is 12.4. The average molecular weight is 357 g/mol. The number of aromatic nitrogens is 1. The van der Waals surface area contributed by atoms with Crippen molar-refractivity contribution >= 4 is 45.9 Å². The average Bonchev–Trinajstić information content (AvgIpc) is 3.21. The molecule has 1 aromatic carbocycles. The summed E-state index contributed by atoms with van der Waals surface area (Å²) in [6.07, 6.45) is 0. The van der Waals surface area contributed by atoms with Crippen molar-refractivity contribution in [2.45, 2.75) is 13.8 Å². The van der Waals surface area contributed by atoms with Gasteiger partial charge < -0.3 is 10.6 Å². The highest BCUT2D eigenvalue weighted by Gasteiger charge is 2.14. The van der Waals surface area contributed by atoms with Gasteiger partial charge in [-0.15, -0.1) is 11.3 Å². The Hall–Kier alpha value is -2.51. The van der Waals surface area contributed by atoms with Gasteiger partial charge in [0.25, 0.3) is 5.91 Å². The number of hydrogen-bond donors (Lipinski definition) is 2. The molecule has 0 unspecified atom stereocenters. The maximum Gasteiger partial charge on any atom is 0.275 e. The molecular weight excluding hydrogens is 342 g/mol. The molecule has 0 aliphatic heterocycles. The molecule has 24 heavy (non-hydrogen) atoms. The minimum absolute atomic E-state index is 0.151. The molecule has 0 radical (unpaired) electrons. The van der Waals surface area contributed by atoms with Gasteiger partial charge in [-0.05, 0) is 36.1 Å². The zero-order chi connectivity index (χ0) is 17.1. The number of thiophene rings is 1. The van der Waals surface area contributed by atoms with Gasteiger partial charge in [0.1, 0.15) is 10.7 Å². The van der Waals surface area contributed by atoms with Crippen LogP contribution in [0.5, 0.6) is 0 Å². The molecule has 2 N–H and O–H groups in total. The smallest absolute Gasteiger partial charge is 0.275 e. The summed E-state index contributed by atoms with van der Waals surface area (Å²) in [5.74, 6) is -0.419. The third kappa shape index (κ3) is 3.52. The number of anilines is 2. The predicted octanol–water partition coefficient (Wildman–Crippen LogP) is 4.39. The van der Waals surface area contributed by atoms with Crippen molar-refractivity contribution in [1.29, 1.82) is 0 Å². The highest BCUT2D eigenvalue weighted by atomic mass is 32.1. The van der Waals surface area contributed by atoms with E-state index in [0.29, 0.717) is 17.1 Å². The van der Waals surface area contributed by atoms with Crippen LogP contribution in [0, 0.1) is 6.92 Å². The molecule has 0 aliphatic carbocycles. The summed E-state index contributed by atoms with van der Waals surface area (Å²) < 4.78 is 0. The fourth-order valence-corrected chi connectivity index (χ4v) is 3.69. The molecule has 7 heteroatoms. The van der Waals surface area contributed by atoms with E-state index in [1.165, 1.54) is 18.3 Å².